The molecule has 2 aromatic carbocycles. The highest BCUT2D eigenvalue weighted by Crippen LogP contribution is 2.22. The highest BCUT2D eigenvalue weighted by molar-refractivity contribution is 5.94. The molecule has 32 heavy (non-hydrogen) atoms. The van der Waals surface area contributed by atoms with E-state index in [1.807, 2.05) is 36.4 Å². The van der Waals surface area contributed by atoms with Crippen molar-refractivity contribution in [2.24, 2.45) is 0 Å². The molecule has 0 unspecified atom stereocenters. The molecule has 0 atom stereocenters. The van der Waals surface area contributed by atoms with Crippen molar-refractivity contribution in [3.8, 4) is 11.1 Å². The number of carboxylic acid groups (broad SMARTS) is 1. The third-order valence-corrected chi connectivity index (χ3v) is 6.18. The Labute approximate surface area is 197 Å². The number of quaternary nitrogens is 1. The fourth-order valence-electron chi connectivity index (χ4n) is 4.18. The van der Waals surface area contributed by atoms with Gasteiger partial charge in [0.05, 0.1) is 32.1 Å². The predicted molar refractivity (Wildman–Crippen MR) is 136 cm³/mol. The fraction of sp³-hybridized carbons (Fsp3) is 0.552. The molecule has 0 amide bonds. The molecule has 3 nitrogen and oxygen atoms in total. The Hall–Kier alpha value is -2.13. The van der Waals surface area contributed by atoms with Crippen LogP contribution in [0.1, 0.15) is 89.4 Å². The molecular weight excluding hydrogens is 394 g/mol. The monoisotopic (exact) mass is 439 g/mol. The molecule has 0 fully saturated rings. The molecule has 2 rings (SSSR count). The van der Waals surface area contributed by atoms with E-state index in [1.54, 1.807) is 18.2 Å². The molecule has 0 N–H and O–H groups in total. The number of carbonyl (C=O) groups is 1. The van der Waals surface area contributed by atoms with Gasteiger partial charge < -0.3 is 14.4 Å². The molecule has 2 aromatic rings. The first-order valence-corrected chi connectivity index (χ1v) is 12.7. The molecule has 3 heteroatoms. The van der Waals surface area contributed by atoms with Crippen LogP contribution in [0.4, 0.5) is 0 Å². The lowest BCUT2D eigenvalue weighted by atomic mass is 10.00. The quantitative estimate of drug-likeness (QED) is 0.306. The Morgan fingerprint density at radius 2 is 1.06 bits per heavy atom. The Bertz CT molecular complexity index is 704. The Morgan fingerprint density at radius 3 is 1.47 bits per heavy atom. The van der Waals surface area contributed by atoms with Gasteiger partial charge in [-0.2, -0.15) is 0 Å². The Morgan fingerprint density at radius 1 is 0.656 bits per heavy atom. The molecule has 178 valence electrons. The summed E-state index contributed by atoms with van der Waals surface area (Å²) in [6.07, 6.45) is 11.1. The smallest absolute Gasteiger partial charge is 0.0786 e. The van der Waals surface area contributed by atoms with Crippen molar-refractivity contribution >= 4 is 5.97 Å². The summed E-state index contributed by atoms with van der Waals surface area (Å²) in [5, 5.41) is 10.9. The number of unbranched alkanes of at least 4 members (excludes halogenated alkanes) is 4. The van der Waals surface area contributed by atoms with Gasteiger partial charge in [0.2, 0.25) is 0 Å². The van der Waals surface area contributed by atoms with E-state index in [9.17, 15) is 9.90 Å². The Balaban J connectivity index is 0.000000321. The summed E-state index contributed by atoms with van der Waals surface area (Å²) in [7, 11) is 0. The van der Waals surface area contributed by atoms with E-state index in [0.29, 0.717) is 5.56 Å². The van der Waals surface area contributed by atoms with E-state index in [-0.39, 0.29) is 5.56 Å². The molecule has 0 heterocycles. The highest BCUT2D eigenvalue weighted by Gasteiger charge is 2.24. The van der Waals surface area contributed by atoms with Crippen LogP contribution < -0.4 is 5.11 Å². The predicted octanol–water partition coefficient (Wildman–Crippen LogP) is 6.72. The van der Waals surface area contributed by atoms with Crippen LogP contribution in [0.2, 0.25) is 0 Å². The molecule has 0 saturated carbocycles. The van der Waals surface area contributed by atoms with Crippen LogP contribution in [0.5, 0.6) is 0 Å². The summed E-state index contributed by atoms with van der Waals surface area (Å²) in [6.45, 7) is 15.0. The molecule has 0 aromatic heterocycles. The maximum absolute atomic E-state index is 10.9. The molecule has 0 bridgehead atoms. The first kappa shape index (κ1) is 27.9. The SMILES string of the molecule is CCCC[N+](CCCC)(CCCC)CCCC.O=C([O-])c1ccccc1-c1ccccc1. The number of carboxylic acids is 1. The van der Waals surface area contributed by atoms with Crippen molar-refractivity contribution in [3.63, 3.8) is 0 Å². The van der Waals surface area contributed by atoms with Gasteiger partial charge in [-0.05, 0) is 36.8 Å². The van der Waals surface area contributed by atoms with Crippen molar-refractivity contribution < 1.29 is 14.4 Å². The lowest BCUT2D eigenvalue weighted by molar-refractivity contribution is -0.929. The summed E-state index contributed by atoms with van der Waals surface area (Å²) in [5.41, 5.74) is 1.80. The van der Waals surface area contributed by atoms with Crippen LogP contribution in [-0.4, -0.2) is 36.6 Å². The molecule has 0 spiro atoms. The van der Waals surface area contributed by atoms with Crippen molar-refractivity contribution in [2.45, 2.75) is 79.1 Å². The number of hydrogen-bond acceptors (Lipinski definition) is 2. The normalized spacial score (nSPS) is 11.0. The zero-order chi connectivity index (χ0) is 23.7. The number of aromatic carboxylic acids is 1. The van der Waals surface area contributed by atoms with Gasteiger partial charge >= 0.3 is 0 Å². The number of nitrogens with zero attached hydrogens (tertiary/aromatic N) is 1. The van der Waals surface area contributed by atoms with Gasteiger partial charge in [0.25, 0.3) is 0 Å². The first-order chi connectivity index (χ1) is 15.5. The number of hydrogen-bond donors (Lipinski definition) is 0. The summed E-state index contributed by atoms with van der Waals surface area (Å²) >= 11 is 0. The molecule has 0 saturated heterocycles. The zero-order valence-electron chi connectivity index (χ0n) is 20.9. The summed E-state index contributed by atoms with van der Waals surface area (Å²) in [6, 6.07) is 16.2. The topological polar surface area (TPSA) is 40.1 Å². The van der Waals surface area contributed by atoms with E-state index in [2.05, 4.69) is 27.7 Å². The van der Waals surface area contributed by atoms with Crippen LogP contribution in [0.15, 0.2) is 54.6 Å². The zero-order valence-corrected chi connectivity index (χ0v) is 20.9. The van der Waals surface area contributed by atoms with Crippen LogP contribution in [0, 0.1) is 0 Å². The Kier molecular flexibility index (Phi) is 14.4. The molecular formula is C29H45NO2. The third-order valence-electron chi connectivity index (χ3n) is 6.18. The fourth-order valence-corrected chi connectivity index (χ4v) is 4.18. The molecule has 0 radical (unpaired) electrons. The van der Waals surface area contributed by atoms with Crippen LogP contribution >= 0.6 is 0 Å². The molecule has 0 aliphatic rings. The number of benzene rings is 2. The van der Waals surface area contributed by atoms with Crippen molar-refractivity contribution in [3.05, 3.63) is 60.2 Å². The number of carbonyl (C=O) groups excluding carboxylic acids is 1. The van der Waals surface area contributed by atoms with E-state index in [0.717, 1.165) is 5.56 Å². The minimum Gasteiger partial charge on any atom is -0.545 e. The second-order valence-corrected chi connectivity index (χ2v) is 8.85. The van der Waals surface area contributed by atoms with Gasteiger partial charge in [-0.3, -0.25) is 0 Å². The third kappa shape index (κ3) is 9.99. The van der Waals surface area contributed by atoms with Gasteiger partial charge in [-0.25, -0.2) is 0 Å². The lowest BCUT2D eigenvalue weighted by Gasteiger charge is -2.39. The maximum atomic E-state index is 10.9. The van der Waals surface area contributed by atoms with Crippen molar-refractivity contribution in [2.75, 3.05) is 26.2 Å². The second-order valence-electron chi connectivity index (χ2n) is 8.85. The van der Waals surface area contributed by atoms with E-state index in [4.69, 9.17) is 0 Å². The minimum absolute atomic E-state index is 0.226. The summed E-state index contributed by atoms with van der Waals surface area (Å²) in [4.78, 5) is 10.9. The molecule has 0 aliphatic carbocycles. The number of rotatable bonds is 14. The van der Waals surface area contributed by atoms with Crippen LogP contribution in [0.3, 0.4) is 0 Å². The van der Waals surface area contributed by atoms with Crippen LogP contribution in [-0.2, 0) is 0 Å². The van der Waals surface area contributed by atoms with Gasteiger partial charge in [0.1, 0.15) is 0 Å². The van der Waals surface area contributed by atoms with Gasteiger partial charge in [0.15, 0.2) is 0 Å². The van der Waals surface area contributed by atoms with E-state index < -0.39 is 5.97 Å². The van der Waals surface area contributed by atoms with Gasteiger partial charge in [0, 0.05) is 5.56 Å². The van der Waals surface area contributed by atoms with Crippen molar-refractivity contribution in [1.29, 1.82) is 0 Å². The summed E-state index contributed by atoms with van der Waals surface area (Å²) in [5.74, 6) is -1.14. The minimum atomic E-state index is -1.14. The van der Waals surface area contributed by atoms with Crippen molar-refractivity contribution in [1.82, 2.24) is 0 Å². The highest BCUT2D eigenvalue weighted by atomic mass is 16.4. The maximum Gasteiger partial charge on any atom is 0.0786 e. The van der Waals surface area contributed by atoms with E-state index >= 15 is 0 Å². The van der Waals surface area contributed by atoms with Gasteiger partial charge in [-0.1, -0.05) is 108 Å². The van der Waals surface area contributed by atoms with Gasteiger partial charge in [-0.15, -0.1) is 0 Å². The average molecular weight is 440 g/mol. The molecule has 0 aliphatic heterocycles. The largest absolute Gasteiger partial charge is 0.545 e. The summed E-state index contributed by atoms with van der Waals surface area (Å²) < 4.78 is 1.42. The first-order valence-electron chi connectivity index (χ1n) is 12.7. The lowest BCUT2D eigenvalue weighted by Crippen LogP contribution is -2.50. The average Bonchev–Trinajstić information content (AvgIpc) is 2.84. The second kappa shape index (κ2) is 16.5. The van der Waals surface area contributed by atoms with E-state index in [1.165, 1.54) is 82.0 Å². The van der Waals surface area contributed by atoms with Crippen LogP contribution in [0.25, 0.3) is 11.1 Å². The standard InChI is InChI=1S/C16H36N.C13H10O2/c1-5-9-13-17(14-10-6-2,15-11-7-3)16-12-8-4;14-13(15)12-9-5-4-8-11(12)10-6-2-1-3-7-10/h5-16H2,1-4H3;1-9H,(H,14,15)/q+1;/p-1.